The summed E-state index contributed by atoms with van der Waals surface area (Å²) in [6, 6.07) is 8.26. The van der Waals surface area contributed by atoms with Crippen molar-refractivity contribution in [2.45, 2.75) is 19.4 Å². The summed E-state index contributed by atoms with van der Waals surface area (Å²) in [6.45, 7) is 8.48. The van der Waals surface area contributed by atoms with E-state index in [2.05, 4.69) is 28.5 Å². The Morgan fingerprint density at radius 2 is 2.11 bits per heavy atom. The first-order chi connectivity index (χ1) is 12.7. The molecule has 6 nitrogen and oxygen atoms in total. The lowest BCUT2D eigenvalue weighted by Gasteiger charge is -2.34. The zero-order valence-electron chi connectivity index (χ0n) is 16.2. The van der Waals surface area contributed by atoms with Crippen LogP contribution in [-0.4, -0.2) is 70.5 Å². The first-order valence-corrected chi connectivity index (χ1v) is 9.70. The monoisotopic (exact) mass is 510 g/mol. The molecule has 8 heteroatoms. The summed E-state index contributed by atoms with van der Waals surface area (Å²) >= 11 is 6.22. The number of hydrogen-bond acceptors (Lipinski definition) is 4. The predicted molar refractivity (Wildman–Crippen MR) is 122 cm³/mol. The van der Waals surface area contributed by atoms with Gasteiger partial charge < -0.3 is 20.1 Å². The van der Waals surface area contributed by atoms with Gasteiger partial charge in [-0.2, -0.15) is 0 Å². The van der Waals surface area contributed by atoms with E-state index in [1.54, 1.807) is 7.11 Å². The van der Waals surface area contributed by atoms with Crippen molar-refractivity contribution in [1.82, 2.24) is 15.5 Å². The van der Waals surface area contributed by atoms with Gasteiger partial charge in [-0.15, -0.1) is 24.0 Å². The molecule has 1 aliphatic heterocycles. The Morgan fingerprint density at radius 1 is 1.33 bits per heavy atom. The molecule has 2 rings (SSSR count). The van der Waals surface area contributed by atoms with Crippen LogP contribution < -0.4 is 10.6 Å². The number of methoxy groups -OCH3 is 1. The number of nitrogens with zero attached hydrogens (tertiary/aromatic N) is 2. The zero-order chi connectivity index (χ0) is 18.6. The number of halogens is 2. The van der Waals surface area contributed by atoms with E-state index in [1.165, 1.54) is 5.56 Å². The Morgan fingerprint density at radius 3 is 2.78 bits per heavy atom. The highest BCUT2D eigenvalue weighted by molar-refractivity contribution is 14.0. The molecule has 1 unspecified atom stereocenters. The summed E-state index contributed by atoms with van der Waals surface area (Å²) < 4.78 is 10.6. The molecule has 1 saturated heterocycles. The van der Waals surface area contributed by atoms with E-state index in [0.29, 0.717) is 6.54 Å². The van der Waals surface area contributed by atoms with Gasteiger partial charge in [0.15, 0.2) is 5.96 Å². The number of hydrogen-bond donors (Lipinski definition) is 2. The smallest absolute Gasteiger partial charge is 0.191 e. The lowest BCUT2D eigenvalue weighted by molar-refractivity contribution is 0.0180. The topological polar surface area (TPSA) is 58.1 Å². The molecule has 0 aliphatic carbocycles. The third-order valence-corrected chi connectivity index (χ3v) is 4.54. The van der Waals surface area contributed by atoms with E-state index in [9.17, 15) is 0 Å². The molecule has 0 radical (unpaired) electrons. The molecule has 2 N–H and O–H groups in total. The molecule has 0 amide bonds. The molecule has 27 heavy (non-hydrogen) atoms. The van der Waals surface area contributed by atoms with Crippen LogP contribution in [0.15, 0.2) is 29.3 Å². The fourth-order valence-electron chi connectivity index (χ4n) is 2.98. The van der Waals surface area contributed by atoms with Crippen molar-refractivity contribution in [3.8, 4) is 0 Å². The minimum Gasteiger partial charge on any atom is -0.385 e. The summed E-state index contributed by atoms with van der Waals surface area (Å²) in [7, 11) is 1.72. The first-order valence-electron chi connectivity index (χ1n) is 9.33. The van der Waals surface area contributed by atoms with Crippen LogP contribution in [0.1, 0.15) is 24.9 Å². The molecular formula is C19H32ClIN4O2. The number of aliphatic imine (C=N–C) groups is 1. The number of morpholine rings is 1. The zero-order valence-corrected chi connectivity index (χ0v) is 19.3. The fourth-order valence-corrected chi connectivity index (χ4v) is 3.18. The third-order valence-electron chi connectivity index (χ3n) is 4.30. The molecule has 1 aliphatic rings. The Hall–Kier alpha value is -0.610. The van der Waals surface area contributed by atoms with Gasteiger partial charge >= 0.3 is 0 Å². The Kier molecular flexibility index (Phi) is 13.0. The van der Waals surface area contributed by atoms with Crippen LogP contribution in [0.2, 0.25) is 5.02 Å². The highest BCUT2D eigenvalue weighted by atomic mass is 127. The van der Waals surface area contributed by atoms with Crippen LogP contribution >= 0.6 is 35.6 Å². The number of ether oxygens (including phenoxy) is 2. The van der Waals surface area contributed by atoms with Crippen LogP contribution in [0, 0.1) is 0 Å². The van der Waals surface area contributed by atoms with E-state index in [0.717, 1.165) is 63.4 Å². The molecular weight excluding hydrogens is 479 g/mol. The summed E-state index contributed by atoms with van der Waals surface area (Å²) in [5.41, 5.74) is 1.19. The Labute approximate surface area is 185 Å². The second kappa shape index (κ2) is 14.4. The normalized spacial score (nSPS) is 16.5. The highest BCUT2D eigenvalue weighted by Crippen LogP contribution is 2.24. The molecule has 1 aromatic carbocycles. The minimum atomic E-state index is 0. The number of benzene rings is 1. The molecule has 1 atom stereocenters. The van der Waals surface area contributed by atoms with E-state index < -0.39 is 0 Å². The highest BCUT2D eigenvalue weighted by Gasteiger charge is 2.22. The van der Waals surface area contributed by atoms with Crippen LogP contribution in [0.3, 0.4) is 0 Å². The van der Waals surface area contributed by atoms with Gasteiger partial charge in [0.05, 0.1) is 25.8 Å². The maximum absolute atomic E-state index is 6.22. The molecule has 0 bridgehead atoms. The van der Waals surface area contributed by atoms with E-state index >= 15 is 0 Å². The summed E-state index contributed by atoms with van der Waals surface area (Å²) in [5, 5.41) is 7.43. The van der Waals surface area contributed by atoms with E-state index in [1.807, 2.05) is 18.2 Å². The lowest BCUT2D eigenvalue weighted by Crippen LogP contribution is -2.42. The van der Waals surface area contributed by atoms with Crippen molar-refractivity contribution in [3.63, 3.8) is 0 Å². The van der Waals surface area contributed by atoms with Gasteiger partial charge in [0.2, 0.25) is 0 Å². The molecule has 154 valence electrons. The summed E-state index contributed by atoms with van der Waals surface area (Å²) in [5.74, 6) is 0.837. The minimum absolute atomic E-state index is 0. The first kappa shape index (κ1) is 24.4. The molecule has 1 aromatic rings. The number of nitrogens with one attached hydrogen (secondary N) is 2. The van der Waals surface area contributed by atoms with E-state index in [4.69, 9.17) is 26.1 Å². The maximum atomic E-state index is 6.22. The van der Waals surface area contributed by atoms with Gasteiger partial charge in [-0.3, -0.25) is 9.89 Å². The van der Waals surface area contributed by atoms with Gasteiger partial charge in [-0.1, -0.05) is 23.7 Å². The summed E-state index contributed by atoms with van der Waals surface area (Å²) in [4.78, 5) is 7.24. The van der Waals surface area contributed by atoms with Gasteiger partial charge in [0.1, 0.15) is 0 Å². The average molecular weight is 511 g/mol. The molecule has 0 spiro atoms. The Balaban J connectivity index is 0.00000364. The maximum Gasteiger partial charge on any atom is 0.191 e. The quantitative estimate of drug-likeness (QED) is 0.232. The standard InChI is InChI=1S/C19H31ClN4O2.HI/c1-3-21-19(22-8-5-11-25-2)23-15-18(24-9-12-26-13-10-24)16-6-4-7-17(20)14-16;/h4,6-7,14,18H,3,5,8-13,15H2,1-2H3,(H2,21,22,23);1H. The van der Waals surface area contributed by atoms with Gasteiger partial charge in [-0.25, -0.2) is 0 Å². The van der Waals surface area contributed by atoms with Crippen molar-refractivity contribution in [2.75, 3.05) is 59.7 Å². The van der Waals surface area contributed by atoms with Gasteiger partial charge in [0, 0.05) is 44.9 Å². The van der Waals surface area contributed by atoms with Crippen LogP contribution in [0.25, 0.3) is 0 Å². The van der Waals surface area contributed by atoms with Crippen LogP contribution in [-0.2, 0) is 9.47 Å². The van der Waals surface area contributed by atoms with E-state index in [-0.39, 0.29) is 30.0 Å². The van der Waals surface area contributed by atoms with Crippen LogP contribution in [0.5, 0.6) is 0 Å². The summed E-state index contributed by atoms with van der Waals surface area (Å²) in [6.07, 6.45) is 0.947. The predicted octanol–water partition coefficient (Wildman–Crippen LogP) is 2.92. The largest absolute Gasteiger partial charge is 0.385 e. The average Bonchev–Trinajstić information content (AvgIpc) is 2.66. The third kappa shape index (κ3) is 8.95. The van der Waals surface area contributed by atoms with Crippen molar-refractivity contribution in [3.05, 3.63) is 34.9 Å². The van der Waals surface area contributed by atoms with Crippen molar-refractivity contribution in [2.24, 2.45) is 4.99 Å². The van der Waals surface area contributed by atoms with Gasteiger partial charge in [0.25, 0.3) is 0 Å². The number of guanidine groups is 1. The molecule has 0 aromatic heterocycles. The second-order valence-corrected chi connectivity index (χ2v) is 6.65. The van der Waals surface area contributed by atoms with Crippen molar-refractivity contribution in [1.29, 1.82) is 0 Å². The van der Waals surface area contributed by atoms with Crippen molar-refractivity contribution < 1.29 is 9.47 Å². The molecule has 1 heterocycles. The van der Waals surface area contributed by atoms with Crippen LogP contribution in [0.4, 0.5) is 0 Å². The molecule has 0 saturated carbocycles. The Bertz CT molecular complexity index is 556. The SMILES string of the molecule is CCNC(=NCC(c1cccc(Cl)c1)N1CCOCC1)NCCCOC.I. The molecule has 1 fully saturated rings. The fraction of sp³-hybridized carbons (Fsp3) is 0.632. The van der Waals surface area contributed by atoms with Crippen molar-refractivity contribution >= 4 is 41.5 Å². The number of rotatable bonds is 9. The van der Waals surface area contributed by atoms with Gasteiger partial charge in [-0.05, 0) is 31.0 Å². The second-order valence-electron chi connectivity index (χ2n) is 6.21. The lowest BCUT2D eigenvalue weighted by atomic mass is 10.0.